The highest BCUT2D eigenvalue weighted by Gasteiger charge is 2.34. The molecule has 0 saturated carbocycles. The molecule has 0 aromatic heterocycles. The Morgan fingerprint density at radius 2 is 1.67 bits per heavy atom. The van der Waals surface area contributed by atoms with E-state index in [2.05, 4.69) is 23.3 Å². The molecule has 4 N–H and O–H groups in total. The number of thiol groups is 1. The molecule has 0 unspecified atom stereocenters. The van der Waals surface area contributed by atoms with Crippen LogP contribution < -0.4 is 30.6 Å². The Labute approximate surface area is 184 Å². The third-order valence-corrected chi connectivity index (χ3v) is 5.31. The Hall–Kier alpha value is -2.78. The number of halogens is 1. The van der Waals surface area contributed by atoms with Crippen molar-refractivity contribution in [3.05, 3.63) is 34.9 Å². The third kappa shape index (κ3) is 4.08. The molecule has 2 amide bonds. The summed E-state index contributed by atoms with van der Waals surface area (Å²) in [6.07, 6.45) is 0.127. The van der Waals surface area contributed by atoms with E-state index >= 15 is 0 Å². The predicted molar refractivity (Wildman–Crippen MR) is 117 cm³/mol. The SMILES string of the molecule is COc1cc(N)c(-c2cc(Cl)ccc2CC2C(=O)NC(S)NC2=O)c(OC)c1OC. The van der Waals surface area contributed by atoms with E-state index in [0.29, 0.717) is 44.6 Å². The third-order valence-electron chi connectivity index (χ3n) is 4.82. The molecule has 0 spiro atoms. The van der Waals surface area contributed by atoms with Gasteiger partial charge in [-0.3, -0.25) is 9.59 Å². The number of nitrogen functional groups attached to an aromatic ring is 1. The molecule has 8 nitrogen and oxygen atoms in total. The van der Waals surface area contributed by atoms with Crippen molar-refractivity contribution in [3.8, 4) is 28.4 Å². The van der Waals surface area contributed by atoms with Crippen molar-refractivity contribution < 1.29 is 23.8 Å². The summed E-state index contributed by atoms with van der Waals surface area (Å²) in [7, 11) is 4.47. The highest BCUT2D eigenvalue weighted by Crippen LogP contribution is 2.49. The van der Waals surface area contributed by atoms with E-state index in [1.165, 1.54) is 21.3 Å². The van der Waals surface area contributed by atoms with Crippen molar-refractivity contribution in [3.63, 3.8) is 0 Å². The van der Waals surface area contributed by atoms with Gasteiger partial charge in [0.05, 0.1) is 26.9 Å². The molecule has 0 atom stereocenters. The van der Waals surface area contributed by atoms with E-state index < -0.39 is 23.2 Å². The molecule has 0 bridgehead atoms. The summed E-state index contributed by atoms with van der Waals surface area (Å²) >= 11 is 10.3. The minimum absolute atomic E-state index is 0.127. The number of nitrogens with one attached hydrogen (secondary N) is 2. The van der Waals surface area contributed by atoms with Crippen LogP contribution in [0.2, 0.25) is 5.02 Å². The van der Waals surface area contributed by atoms with Crippen LogP contribution in [0.4, 0.5) is 5.69 Å². The van der Waals surface area contributed by atoms with Gasteiger partial charge in [-0.05, 0) is 29.7 Å². The second kappa shape index (κ2) is 8.93. The van der Waals surface area contributed by atoms with Gasteiger partial charge >= 0.3 is 0 Å². The smallest absolute Gasteiger partial charge is 0.235 e. The molecule has 2 aromatic rings. The van der Waals surface area contributed by atoms with Crippen molar-refractivity contribution in [1.29, 1.82) is 0 Å². The summed E-state index contributed by atoms with van der Waals surface area (Å²) in [5.41, 5.74) is 7.80. The van der Waals surface area contributed by atoms with Crippen LogP contribution in [-0.4, -0.2) is 38.6 Å². The van der Waals surface area contributed by atoms with Gasteiger partial charge in [-0.15, -0.1) is 12.6 Å². The van der Waals surface area contributed by atoms with Gasteiger partial charge in [-0.1, -0.05) is 17.7 Å². The molecule has 1 saturated heterocycles. The molecule has 30 heavy (non-hydrogen) atoms. The highest BCUT2D eigenvalue weighted by molar-refractivity contribution is 7.80. The van der Waals surface area contributed by atoms with Gasteiger partial charge in [0.1, 0.15) is 11.4 Å². The Morgan fingerprint density at radius 1 is 1.03 bits per heavy atom. The molecule has 160 valence electrons. The van der Waals surface area contributed by atoms with Crippen molar-refractivity contribution >= 4 is 41.7 Å². The number of ether oxygens (including phenoxy) is 3. The lowest BCUT2D eigenvalue weighted by Gasteiger charge is -2.27. The van der Waals surface area contributed by atoms with Crippen molar-refractivity contribution in [2.24, 2.45) is 5.92 Å². The van der Waals surface area contributed by atoms with Gasteiger partial charge in [0.25, 0.3) is 0 Å². The zero-order valence-electron chi connectivity index (χ0n) is 16.6. The Kier molecular flexibility index (Phi) is 6.52. The molecule has 1 heterocycles. The first-order valence-corrected chi connectivity index (χ1v) is 9.86. The number of rotatable bonds is 6. The van der Waals surface area contributed by atoms with Gasteiger partial charge in [0, 0.05) is 16.8 Å². The highest BCUT2D eigenvalue weighted by atomic mass is 35.5. The Morgan fingerprint density at radius 3 is 2.23 bits per heavy atom. The summed E-state index contributed by atoms with van der Waals surface area (Å²) < 4.78 is 16.4. The summed E-state index contributed by atoms with van der Waals surface area (Å²) in [5.74, 6) is -0.628. The van der Waals surface area contributed by atoms with Gasteiger partial charge in [0.15, 0.2) is 11.5 Å². The van der Waals surface area contributed by atoms with E-state index in [4.69, 9.17) is 31.5 Å². The molecular formula is C20H22ClN3O5S. The molecule has 3 rings (SSSR count). The van der Waals surface area contributed by atoms with Gasteiger partial charge in [-0.2, -0.15) is 0 Å². The Bertz CT molecular complexity index is 983. The summed E-state index contributed by atoms with van der Waals surface area (Å²) in [6.45, 7) is 0. The number of hydrogen-bond donors (Lipinski definition) is 4. The molecule has 1 fully saturated rings. The van der Waals surface area contributed by atoms with Crippen LogP contribution in [0.25, 0.3) is 11.1 Å². The van der Waals surface area contributed by atoms with Gasteiger partial charge in [0.2, 0.25) is 17.6 Å². The first-order chi connectivity index (χ1) is 14.3. The standard InChI is InChI=1S/C20H22ClN3O5S/c1-27-14-8-13(22)15(17(29-3)16(14)28-2)11-7-10(21)5-4-9(11)6-12-18(25)23-20(30)24-19(12)26/h4-5,7-8,12,20,30H,6,22H2,1-3H3,(H,23,25)(H,24,26). The van der Waals surface area contributed by atoms with Crippen molar-refractivity contribution in [1.82, 2.24) is 10.6 Å². The largest absolute Gasteiger partial charge is 0.493 e. The second-order valence-electron chi connectivity index (χ2n) is 6.59. The number of carbonyl (C=O) groups is 2. The number of nitrogens with two attached hydrogens (primary N) is 1. The monoisotopic (exact) mass is 451 g/mol. The van der Waals surface area contributed by atoms with Crippen LogP contribution in [0, 0.1) is 5.92 Å². The van der Waals surface area contributed by atoms with Crippen LogP contribution in [0.5, 0.6) is 17.2 Å². The Balaban J connectivity index is 2.15. The number of amides is 2. The maximum atomic E-state index is 12.4. The number of anilines is 1. The van der Waals surface area contributed by atoms with Crippen molar-refractivity contribution in [2.45, 2.75) is 11.9 Å². The number of hydrogen-bond acceptors (Lipinski definition) is 7. The minimum Gasteiger partial charge on any atom is -0.493 e. The molecule has 0 radical (unpaired) electrons. The fourth-order valence-corrected chi connectivity index (χ4v) is 3.87. The van der Waals surface area contributed by atoms with E-state index in [0.717, 1.165) is 0 Å². The van der Waals surface area contributed by atoms with E-state index in [9.17, 15) is 9.59 Å². The predicted octanol–water partition coefficient (Wildman–Crippen LogP) is 2.23. The van der Waals surface area contributed by atoms with E-state index in [1.54, 1.807) is 24.3 Å². The van der Waals surface area contributed by atoms with Crippen LogP contribution >= 0.6 is 24.2 Å². The summed E-state index contributed by atoms with van der Waals surface area (Å²) in [5, 5.41) is 5.65. The van der Waals surface area contributed by atoms with Crippen LogP contribution in [0.15, 0.2) is 24.3 Å². The maximum absolute atomic E-state index is 12.4. The normalized spacial score (nSPS) is 18.4. The number of benzene rings is 2. The molecule has 1 aliphatic heterocycles. The van der Waals surface area contributed by atoms with Crippen LogP contribution in [-0.2, 0) is 16.0 Å². The number of carbonyl (C=O) groups excluding carboxylic acids is 2. The maximum Gasteiger partial charge on any atom is 0.235 e. The topological polar surface area (TPSA) is 112 Å². The van der Waals surface area contributed by atoms with Crippen LogP contribution in [0.3, 0.4) is 0 Å². The first kappa shape index (κ1) is 21.9. The first-order valence-electron chi connectivity index (χ1n) is 8.96. The summed E-state index contributed by atoms with van der Waals surface area (Å²) in [6, 6.07) is 6.76. The van der Waals surface area contributed by atoms with E-state index in [-0.39, 0.29) is 6.42 Å². The summed E-state index contributed by atoms with van der Waals surface area (Å²) in [4.78, 5) is 24.8. The average molecular weight is 452 g/mol. The van der Waals surface area contributed by atoms with Crippen LogP contribution in [0.1, 0.15) is 5.56 Å². The zero-order valence-corrected chi connectivity index (χ0v) is 18.3. The fourth-order valence-electron chi connectivity index (χ4n) is 3.44. The lowest BCUT2D eigenvalue weighted by molar-refractivity contribution is -0.138. The zero-order chi connectivity index (χ0) is 22.0. The van der Waals surface area contributed by atoms with Gasteiger partial charge in [-0.25, -0.2) is 0 Å². The molecule has 0 aliphatic carbocycles. The quantitative estimate of drug-likeness (QED) is 0.304. The number of methoxy groups -OCH3 is 3. The fraction of sp³-hybridized carbons (Fsp3) is 0.300. The van der Waals surface area contributed by atoms with Gasteiger partial charge < -0.3 is 30.6 Å². The molecule has 1 aliphatic rings. The van der Waals surface area contributed by atoms with E-state index in [1.807, 2.05) is 0 Å². The second-order valence-corrected chi connectivity index (χ2v) is 7.54. The molecule has 2 aromatic carbocycles. The molecule has 10 heteroatoms. The lowest BCUT2D eigenvalue weighted by Crippen LogP contribution is -2.57. The van der Waals surface area contributed by atoms with Crippen molar-refractivity contribution in [2.75, 3.05) is 27.1 Å². The molecular weight excluding hydrogens is 430 g/mol. The lowest BCUT2D eigenvalue weighted by atomic mass is 9.89. The average Bonchev–Trinajstić information content (AvgIpc) is 2.70. The minimum atomic E-state index is -0.930.